The van der Waals surface area contributed by atoms with Crippen LogP contribution >= 0.6 is 11.8 Å². The van der Waals surface area contributed by atoms with Crippen molar-refractivity contribution in [1.29, 1.82) is 0 Å². The van der Waals surface area contributed by atoms with Crippen LogP contribution in [0.1, 0.15) is 17.7 Å². The zero-order valence-corrected chi connectivity index (χ0v) is 14.8. The number of anilines is 1. The second kappa shape index (κ2) is 8.76. The van der Waals surface area contributed by atoms with Gasteiger partial charge in [0.1, 0.15) is 5.75 Å². The van der Waals surface area contributed by atoms with Gasteiger partial charge < -0.3 is 10.1 Å². The van der Waals surface area contributed by atoms with E-state index in [2.05, 4.69) is 10.1 Å². The number of rotatable bonds is 7. The van der Waals surface area contributed by atoms with E-state index in [0.29, 0.717) is 5.69 Å². The van der Waals surface area contributed by atoms with Gasteiger partial charge in [-0.15, -0.1) is 24.9 Å². The molecule has 1 atom stereocenters. The van der Waals surface area contributed by atoms with E-state index in [4.69, 9.17) is 0 Å². The molecule has 0 heterocycles. The molecule has 2 rings (SSSR count). The molecule has 6 nitrogen and oxygen atoms in total. The van der Waals surface area contributed by atoms with Gasteiger partial charge in [-0.3, -0.25) is 14.9 Å². The van der Waals surface area contributed by atoms with Crippen molar-refractivity contribution in [1.82, 2.24) is 0 Å². The number of thioether (sulfide) groups is 1. The van der Waals surface area contributed by atoms with Crippen LogP contribution in [-0.4, -0.2) is 22.9 Å². The van der Waals surface area contributed by atoms with Gasteiger partial charge in [-0.25, -0.2) is 0 Å². The summed E-state index contributed by atoms with van der Waals surface area (Å²) in [6.07, 6.45) is -4.77. The molecule has 0 aliphatic rings. The number of benzene rings is 2. The number of carbonyl (C=O) groups is 1. The van der Waals surface area contributed by atoms with E-state index in [0.717, 1.165) is 17.7 Å². The van der Waals surface area contributed by atoms with Gasteiger partial charge in [-0.2, -0.15) is 0 Å². The van der Waals surface area contributed by atoms with Crippen LogP contribution in [0.4, 0.5) is 24.5 Å². The Morgan fingerprint density at radius 3 is 2.52 bits per heavy atom. The number of halogens is 3. The molecule has 0 bridgehead atoms. The van der Waals surface area contributed by atoms with Crippen LogP contribution in [0.5, 0.6) is 5.75 Å². The number of non-ortho nitro benzene ring substituents is 1. The summed E-state index contributed by atoms with van der Waals surface area (Å²) in [5.74, 6) is -0.652. The smallest absolute Gasteiger partial charge is 0.406 e. The summed E-state index contributed by atoms with van der Waals surface area (Å²) in [4.78, 5) is 22.3. The highest BCUT2D eigenvalue weighted by atomic mass is 32.2. The lowest BCUT2D eigenvalue weighted by Gasteiger charge is -2.12. The molecular formula is C17H15F3N2O4S. The molecule has 0 aliphatic carbocycles. The number of ether oxygens (including phenoxy) is 1. The van der Waals surface area contributed by atoms with Crippen molar-refractivity contribution in [2.24, 2.45) is 0 Å². The molecule has 0 saturated carbocycles. The molecule has 0 unspecified atom stereocenters. The first kappa shape index (κ1) is 20.6. The van der Waals surface area contributed by atoms with Gasteiger partial charge in [0.15, 0.2) is 0 Å². The van der Waals surface area contributed by atoms with Crippen molar-refractivity contribution < 1.29 is 27.6 Å². The minimum atomic E-state index is -4.77. The van der Waals surface area contributed by atoms with Gasteiger partial charge in [-0.05, 0) is 36.8 Å². The molecule has 1 amide bonds. The predicted molar refractivity (Wildman–Crippen MR) is 95.7 cm³/mol. The van der Waals surface area contributed by atoms with E-state index in [9.17, 15) is 28.1 Å². The van der Waals surface area contributed by atoms with E-state index < -0.39 is 11.3 Å². The summed E-state index contributed by atoms with van der Waals surface area (Å²) >= 11 is 1.28. The van der Waals surface area contributed by atoms with Crippen LogP contribution in [0, 0.1) is 10.1 Å². The van der Waals surface area contributed by atoms with Gasteiger partial charge in [0, 0.05) is 23.1 Å². The summed E-state index contributed by atoms with van der Waals surface area (Å²) in [6.45, 7) is 1.82. The monoisotopic (exact) mass is 400 g/mol. The fraction of sp³-hybridized carbons (Fsp3) is 0.235. The van der Waals surface area contributed by atoms with Crippen molar-refractivity contribution in [3.8, 4) is 5.75 Å². The van der Waals surface area contributed by atoms with E-state index in [1.54, 1.807) is 12.1 Å². The maximum atomic E-state index is 12.1. The zero-order valence-electron chi connectivity index (χ0n) is 14.0. The number of hydrogen-bond acceptors (Lipinski definition) is 5. The fourth-order valence-corrected chi connectivity index (χ4v) is 2.94. The third-order valence-corrected chi connectivity index (χ3v) is 4.59. The summed E-state index contributed by atoms with van der Waals surface area (Å²) in [7, 11) is 0. The second-order valence-corrected chi connectivity index (χ2v) is 6.75. The third-order valence-electron chi connectivity index (χ3n) is 3.39. The number of carbonyl (C=O) groups excluding carboxylic acids is 1. The van der Waals surface area contributed by atoms with Crippen molar-refractivity contribution in [3.63, 3.8) is 0 Å². The molecule has 10 heteroatoms. The van der Waals surface area contributed by atoms with Gasteiger partial charge in [0.25, 0.3) is 5.69 Å². The lowest BCUT2D eigenvalue weighted by Crippen LogP contribution is -2.17. The average Bonchev–Trinajstić information content (AvgIpc) is 2.60. The first-order valence-corrected chi connectivity index (χ1v) is 8.70. The Hall–Kier alpha value is -2.75. The zero-order chi connectivity index (χ0) is 20.0. The average molecular weight is 400 g/mol. The molecule has 1 N–H and O–H groups in total. The van der Waals surface area contributed by atoms with Crippen LogP contribution in [0.2, 0.25) is 0 Å². The number of nitrogens with zero attached hydrogens (tertiary/aromatic N) is 1. The third kappa shape index (κ3) is 6.81. The lowest BCUT2D eigenvalue weighted by atomic mass is 10.1. The van der Waals surface area contributed by atoms with E-state index in [1.807, 2.05) is 6.92 Å². The SMILES string of the molecule is C[C@H](SCC(=O)Nc1ccc(OC(F)(F)F)cc1)c1cccc([N+](=O)[O-])c1. The maximum Gasteiger partial charge on any atom is 0.573 e. The molecule has 0 radical (unpaired) electrons. The van der Waals surface area contributed by atoms with Crippen molar-refractivity contribution in [2.45, 2.75) is 18.5 Å². The maximum absolute atomic E-state index is 12.1. The lowest BCUT2D eigenvalue weighted by molar-refractivity contribution is -0.384. The normalized spacial score (nSPS) is 12.3. The van der Waals surface area contributed by atoms with Gasteiger partial charge >= 0.3 is 6.36 Å². The number of hydrogen-bond donors (Lipinski definition) is 1. The molecule has 144 valence electrons. The molecule has 2 aromatic carbocycles. The fourth-order valence-electron chi connectivity index (χ4n) is 2.13. The first-order chi connectivity index (χ1) is 12.6. The standard InChI is InChI=1S/C17H15F3N2O4S/c1-11(12-3-2-4-14(9-12)22(24)25)27-10-16(23)21-13-5-7-15(8-6-13)26-17(18,19)20/h2-9,11H,10H2,1H3,(H,21,23)/t11-/m0/s1. The molecule has 0 aromatic heterocycles. The van der Waals surface area contributed by atoms with Gasteiger partial charge in [0.2, 0.25) is 5.91 Å². The van der Waals surface area contributed by atoms with Gasteiger partial charge in [0.05, 0.1) is 10.7 Å². The van der Waals surface area contributed by atoms with Crippen LogP contribution in [0.25, 0.3) is 0 Å². The van der Waals surface area contributed by atoms with Crippen molar-refractivity contribution >= 4 is 29.0 Å². The summed E-state index contributed by atoms with van der Waals surface area (Å²) in [6, 6.07) is 11.0. The number of amides is 1. The van der Waals surface area contributed by atoms with E-state index >= 15 is 0 Å². The Labute approximate surface area is 156 Å². The quantitative estimate of drug-likeness (QED) is 0.527. The molecule has 0 aliphatic heterocycles. The Kier molecular flexibility index (Phi) is 6.67. The topological polar surface area (TPSA) is 81.5 Å². The highest BCUT2D eigenvalue weighted by molar-refractivity contribution is 8.00. The number of nitro groups is 1. The molecule has 27 heavy (non-hydrogen) atoms. The minimum Gasteiger partial charge on any atom is -0.406 e. The Morgan fingerprint density at radius 1 is 1.26 bits per heavy atom. The van der Waals surface area contributed by atoms with Crippen LogP contribution in [-0.2, 0) is 4.79 Å². The van der Waals surface area contributed by atoms with E-state index in [1.165, 1.54) is 36.0 Å². The molecule has 0 fully saturated rings. The first-order valence-electron chi connectivity index (χ1n) is 7.65. The van der Waals surface area contributed by atoms with Crippen molar-refractivity contribution in [2.75, 3.05) is 11.1 Å². The minimum absolute atomic E-state index is 0.0226. The van der Waals surface area contributed by atoms with Gasteiger partial charge in [-0.1, -0.05) is 12.1 Å². The highest BCUT2D eigenvalue weighted by Crippen LogP contribution is 2.30. The number of nitro benzene ring substituents is 1. The molecule has 0 spiro atoms. The summed E-state index contributed by atoms with van der Waals surface area (Å²) < 4.78 is 40.1. The van der Waals surface area contributed by atoms with Crippen molar-refractivity contribution in [3.05, 3.63) is 64.2 Å². The predicted octanol–water partition coefficient (Wildman–Crippen LogP) is 4.93. The number of nitrogens with one attached hydrogen (secondary N) is 1. The summed E-state index contributed by atoms with van der Waals surface area (Å²) in [5.41, 5.74) is 1.03. The molecular weight excluding hydrogens is 385 g/mol. The molecule has 2 aromatic rings. The van der Waals surface area contributed by atoms with Crippen LogP contribution in [0.3, 0.4) is 0 Å². The van der Waals surface area contributed by atoms with Crippen LogP contribution in [0.15, 0.2) is 48.5 Å². The second-order valence-electron chi connectivity index (χ2n) is 5.43. The molecule has 0 saturated heterocycles. The summed E-state index contributed by atoms with van der Waals surface area (Å²) in [5, 5.41) is 13.2. The Balaban J connectivity index is 1.87. The van der Waals surface area contributed by atoms with Crippen LogP contribution < -0.4 is 10.1 Å². The highest BCUT2D eigenvalue weighted by Gasteiger charge is 2.30. The Bertz CT molecular complexity index is 813. The largest absolute Gasteiger partial charge is 0.573 e. The van der Waals surface area contributed by atoms with E-state index in [-0.39, 0.29) is 28.3 Å². The number of alkyl halides is 3. The Morgan fingerprint density at radius 2 is 1.93 bits per heavy atom.